The first-order valence-corrected chi connectivity index (χ1v) is 6.74. The normalized spacial score (nSPS) is 21.4. The summed E-state index contributed by atoms with van der Waals surface area (Å²) in [5, 5.41) is 6.61. The second kappa shape index (κ2) is 4.38. The molecule has 0 saturated heterocycles. The van der Waals surface area contributed by atoms with Gasteiger partial charge < -0.3 is 15.5 Å². The van der Waals surface area contributed by atoms with Crippen molar-refractivity contribution in [2.75, 3.05) is 16.8 Å². The van der Waals surface area contributed by atoms with Crippen LogP contribution in [0.2, 0.25) is 0 Å². The van der Waals surface area contributed by atoms with Gasteiger partial charge in [0.2, 0.25) is 0 Å². The summed E-state index contributed by atoms with van der Waals surface area (Å²) in [7, 11) is 0. The number of nitrogens with zero attached hydrogens (tertiary/aromatic N) is 1. The van der Waals surface area contributed by atoms with E-state index in [1.165, 1.54) is 0 Å². The SMILES string of the molecule is C=C1Nc2cccc3c2N1CCC(NC(C)C)C3=O. The molecule has 2 heterocycles. The zero-order valence-corrected chi connectivity index (χ0v) is 11.4. The maximum Gasteiger partial charge on any atom is 0.181 e. The minimum atomic E-state index is -0.107. The molecular weight excluding hydrogens is 238 g/mol. The van der Waals surface area contributed by atoms with Crippen LogP contribution in [-0.4, -0.2) is 24.4 Å². The average molecular weight is 257 g/mol. The lowest BCUT2D eigenvalue weighted by atomic mass is 10.0. The van der Waals surface area contributed by atoms with Gasteiger partial charge in [-0.3, -0.25) is 4.79 Å². The third-order valence-corrected chi connectivity index (χ3v) is 3.67. The van der Waals surface area contributed by atoms with Gasteiger partial charge in [-0.05, 0) is 18.6 Å². The molecular formula is C15H19N3O. The summed E-state index contributed by atoms with van der Waals surface area (Å²) < 4.78 is 0. The Bertz CT molecular complexity index is 550. The van der Waals surface area contributed by atoms with Crippen LogP contribution in [0.25, 0.3) is 0 Å². The Morgan fingerprint density at radius 2 is 2.26 bits per heavy atom. The number of para-hydroxylation sites is 1. The third kappa shape index (κ3) is 1.92. The van der Waals surface area contributed by atoms with Gasteiger partial charge in [-0.1, -0.05) is 26.5 Å². The summed E-state index contributed by atoms with van der Waals surface area (Å²) in [6.07, 6.45) is 0.797. The predicted octanol–water partition coefficient (Wildman–Crippen LogP) is 2.34. The highest BCUT2D eigenvalue weighted by Crippen LogP contribution is 2.41. The van der Waals surface area contributed by atoms with Gasteiger partial charge in [0.1, 0.15) is 5.82 Å². The summed E-state index contributed by atoms with van der Waals surface area (Å²) in [4.78, 5) is 14.8. The van der Waals surface area contributed by atoms with Crippen molar-refractivity contribution in [3.8, 4) is 0 Å². The number of ketones is 1. The van der Waals surface area contributed by atoms with Gasteiger partial charge in [-0.2, -0.15) is 0 Å². The number of carbonyl (C=O) groups excluding carboxylic acids is 1. The molecule has 1 atom stereocenters. The van der Waals surface area contributed by atoms with Crippen molar-refractivity contribution in [3.05, 3.63) is 36.2 Å². The quantitative estimate of drug-likeness (QED) is 0.853. The summed E-state index contributed by atoms with van der Waals surface area (Å²) in [6, 6.07) is 6.02. The fourth-order valence-electron chi connectivity index (χ4n) is 2.88. The van der Waals surface area contributed by atoms with Crippen LogP contribution in [-0.2, 0) is 0 Å². The van der Waals surface area contributed by atoms with E-state index in [0.717, 1.165) is 35.7 Å². The smallest absolute Gasteiger partial charge is 0.181 e. The molecule has 0 radical (unpaired) electrons. The first-order valence-electron chi connectivity index (χ1n) is 6.74. The van der Waals surface area contributed by atoms with E-state index in [9.17, 15) is 4.79 Å². The minimum absolute atomic E-state index is 0.107. The minimum Gasteiger partial charge on any atom is -0.340 e. The van der Waals surface area contributed by atoms with Crippen LogP contribution >= 0.6 is 0 Å². The number of rotatable bonds is 2. The van der Waals surface area contributed by atoms with E-state index < -0.39 is 0 Å². The number of hydrogen-bond donors (Lipinski definition) is 2. The van der Waals surface area contributed by atoms with Crippen LogP contribution in [0.1, 0.15) is 30.6 Å². The second-order valence-corrected chi connectivity index (χ2v) is 5.45. The molecule has 2 aliphatic rings. The molecule has 4 nitrogen and oxygen atoms in total. The van der Waals surface area contributed by atoms with E-state index in [2.05, 4.69) is 36.0 Å². The molecule has 4 heteroatoms. The number of anilines is 2. The average Bonchev–Trinajstić information content (AvgIpc) is 2.61. The predicted molar refractivity (Wildman–Crippen MR) is 77.6 cm³/mol. The molecule has 1 aromatic carbocycles. The molecule has 0 aromatic heterocycles. The Kier molecular flexibility index (Phi) is 2.82. The van der Waals surface area contributed by atoms with Crippen molar-refractivity contribution >= 4 is 17.2 Å². The molecule has 0 amide bonds. The Morgan fingerprint density at radius 1 is 1.47 bits per heavy atom. The molecule has 2 N–H and O–H groups in total. The lowest BCUT2D eigenvalue weighted by Gasteiger charge is -2.20. The lowest BCUT2D eigenvalue weighted by Crippen LogP contribution is -2.41. The molecule has 0 bridgehead atoms. The first kappa shape index (κ1) is 12.2. The van der Waals surface area contributed by atoms with E-state index >= 15 is 0 Å². The molecule has 19 heavy (non-hydrogen) atoms. The number of hydrogen-bond acceptors (Lipinski definition) is 4. The van der Waals surface area contributed by atoms with Crippen LogP contribution in [0.4, 0.5) is 11.4 Å². The first-order chi connectivity index (χ1) is 9.08. The lowest BCUT2D eigenvalue weighted by molar-refractivity contribution is 0.0937. The highest BCUT2D eigenvalue weighted by Gasteiger charge is 2.34. The van der Waals surface area contributed by atoms with Gasteiger partial charge in [0.25, 0.3) is 0 Å². The molecule has 0 aliphatic carbocycles. The van der Waals surface area contributed by atoms with E-state index in [1.54, 1.807) is 0 Å². The fraction of sp³-hybridized carbons (Fsp3) is 0.400. The summed E-state index contributed by atoms with van der Waals surface area (Å²) in [5.74, 6) is 1.05. The zero-order valence-electron chi connectivity index (χ0n) is 11.4. The largest absolute Gasteiger partial charge is 0.340 e. The zero-order chi connectivity index (χ0) is 13.6. The van der Waals surface area contributed by atoms with Gasteiger partial charge in [0.15, 0.2) is 5.78 Å². The van der Waals surface area contributed by atoms with Crippen LogP contribution in [0.15, 0.2) is 30.6 Å². The van der Waals surface area contributed by atoms with Crippen LogP contribution in [0.5, 0.6) is 0 Å². The van der Waals surface area contributed by atoms with Crippen LogP contribution in [0, 0.1) is 0 Å². The van der Waals surface area contributed by atoms with Gasteiger partial charge in [-0.25, -0.2) is 0 Å². The summed E-state index contributed by atoms with van der Waals surface area (Å²) in [5.41, 5.74) is 2.77. The van der Waals surface area contributed by atoms with E-state index in [4.69, 9.17) is 0 Å². The van der Waals surface area contributed by atoms with Crippen molar-refractivity contribution in [3.63, 3.8) is 0 Å². The molecule has 2 aliphatic heterocycles. The maximum atomic E-state index is 12.7. The van der Waals surface area contributed by atoms with E-state index in [-0.39, 0.29) is 11.8 Å². The van der Waals surface area contributed by atoms with Crippen molar-refractivity contribution in [2.24, 2.45) is 0 Å². The highest BCUT2D eigenvalue weighted by atomic mass is 16.1. The Hall–Kier alpha value is -1.81. The van der Waals surface area contributed by atoms with Gasteiger partial charge >= 0.3 is 0 Å². The van der Waals surface area contributed by atoms with E-state index in [1.807, 2.05) is 18.2 Å². The highest BCUT2D eigenvalue weighted by molar-refractivity contribution is 6.09. The molecule has 0 saturated carbocycles. The number of nitrogens with one attached hydrogen (secondary N) is 2. The summed E-state index contributed by atoms with van der Waals surface area (Å²) >= 11 is 0. The Labute approximate surface area is 113 Å². The van der Waals surface area contributed by atoms with Crippen LogP contribution < -0.4 is 15.5 Å². The van der Waals surface area contributed by atoms with Gasteiger partial charge in [-0.15, -0.1) is 0 Å². The topological polar surface area (TPSA) is 44.4 Å². The van der Waals surface area contributed by atoms with Gasteiger partial charge in [0.05, 0.1) is 17.4 Å². The third-order valence-electron chi connectivity index (χ3n) is 3.67. The molecule has 0 spiro atoms. The van der Waals surface area contributed by atoms with Gasteiger partial charge in [0, 0.05) is 18.2 Å². The van der Waals surface area contributed by atoms with Crippen molar-refractivity contribution in [2.45, 2.75) is 32.4 Å². The molecule has 0 fully saturated rings. The van der Waals surface area contributed by atoms with Crippen molar-refractivity contribution in [1.82, 2.24) is 5.32 Å². The standard InChI is InChI=1S/C15H19N3O/c1-9(2)16-13-7-8-18-10(3)17-12-6-4-5-11(14(12)18)15(13)19/h4-6,9,13,16-17H,3,7-8H2,1-2H3. The van der Waals surface area contributed by atoms with Crippen LogP contribution in [0.3, 0.4) is 0 Å². The number of carbonyl (C=O) groups is 1. The Balaban J connectivity index is 2.05. The van der Waals surface area contributed by atoms with E-state index in [0.29, 0.717) is 6.04 Å². The molecule has 1 aromatic rings. The fourth-order valence-corrected chi connectivity index (χ4v) is 2.88. The maximum absolute atomic E-state index is 12.7. The Morgan fingerprint density at radius 3 is 3.00 bits per heavy atom. The number of benzene rings is 1. The van der Waals surface area contributed by atoms with Crippen molar-refractivity contribution in [1.29, 1.82) is 0 Å². The number of Topliss-reactive ketones (excluding diaryl/α,β-unsaturated/α-hetero) is 1. The molecule has 3 rings (SSSR count). The van der Waals surface area contributed by atoms with Crippen molar-refractivity contribution < 1.29 is 4.79 Å². The monoisotopic (exact) mass is 257 g/mol. The summed E-state index contributed by atoms with van der Waals surface area (Å²) in [6.45, 7) is 8.98. The molecule has 100 valence electrons. The molecule has 1 unspecified atom stereocenters. The second-order valence-electron chi connectivity index (χ2n) is 5.45.